The molecule has 0 saturated heterocycles. The second kappa shape index (κ2) is 12.2. The van der Waals surface area contributed by atoms with Gasteiger partial charge in [0.05, 0.1) is 6.10 Å². The molecular weight excluding hydrogens is 356 g/mol. The Kier molecular flexibility index (Phi) is 10.3. The van der Waals surface area contributed by atoms with Crippen LogP contribution < -0.4 is 0 Å². The lowest BCUT2D eigenvalue weighted by Crippen LogP contribution is -2.28. The van der Waals surface area contributed by atoms with E-state index in [4.69, 9.17) is 0 Å². The van der Waals surface area contributed by atoms with Crippen molar-refractivity contribution in [1.82, 2.24) is 0 Å². The second-order valence-electron chi connectivity index (χ2n) is 8.44. The van der Waals surface area contributed by atoms with Crippen molar-refractivity contribution in [3.05, 3.63) is 94.7 Å². The summed E-state index contributed by atoms with van der Waals surface area (Å²) in [6.07, 6.45) is 24.0. The van der Waals surface area contributed by atoms with Gasteiger partial charge in [0, 0.05) is 0 Å². The number of allylic oxidation sites excluding steroid dienone is 15. The van der Waals surface area contributed by atoms with Crippen molar-refractivity contribution in [3.8, 4) is 0 Å². The fourth-order valence-corrected chi connectivity index (χ4v) is 3.52. The minimum Gasteiger partial charge on any atom is -0.393 e. The molecule has 0 radical (unpaired) electrons. The van der Waals surface area contributed by atoms with Crippen LogP contribution in [-0.4, -0.2) is 17.5 Å². The van der Waals surface area contributed by atoms with Crippen LogP contribution in [-0.2, 0) is 4.79 Å². The van der Waals surface area contributed by atoms with E-state index >= 15 is 0 Å². The summed E-state index contributed by atoms with van der Waals surface area (Å²) in [4.78, 5) is 10.3. The maximum absolute atomic E-state index is 10.3. The number of aliphatic hydroxyl groups is 1. The van der Waals surface area contributed by atoms with Crippen LogP contribution in [0.4, 0.5) is 0 Å². The summed E-state index contributed by atoms with van der Waals surface area (Å²) in [5.74, 6) is 0. The van der Waals surface area contributed by atoms with Crippen molar-refractivity contribution in [3.63, 3.8) is 0 Å². The van der Waals surface area contributed by atoms with Gasteiger partial charge in [0.2, 0.25) is 0 Å². The van der Waals surface area contributed by atoms with Gasteiger partial charge in [-0.05, 0) is 57.6 Å². The highest BCUT2D eigenvalue weighted by Gasteiger charge is 2.31. The van der Waals surface area contributed by atoms with Crippen molar-refractivity contribution in [2.75, 3.05) is 0 Å². The number of hydrogen-bond acceptors (Lipinski definition) is 2. The predicted molar refractivity (Wildman–Crippen MR) is 126 cm³/mol. The average molecular weight is 393 g/mol. The molecule has 1 aliphatic rings. The Hall–Kier alpha value is -2.45. The van der Waals surface area contributed by atoms with Crippen LogP contribution in [0.1, 0.15) is 54.4 Å². The summed E-state index contributed by atoms with van der Waals surface area (Å²) in [5.41, 5.74) is 6.01. The molecule has 1 aliphatic carbocycles. The molecule has 0 bridgehead atoms. The second-order valence-corrected chi connectivity index (χ2v) is 8.44. The minimum atomic E-state index is -0.224. The Morgan fingerprint density at radius 1 is 0.897 bits per heavy atom. The molecule has 1 atom stereocenters. The van der Waals surface area contributed by atoms with E-state index in [0.29, 0.717) is 0 Å². The highest BCUT2D eigenvalue weighted by molar-refractivity contribution is 5.65. The molecule has 0 saturated carbocycles. The van der Waals surface area contributed by atoms with Gasteiger partial charge in [-0.2, -0.15) is 0 Å². The zero-order valence-electron chi connectivity index (χ0n) is 18.8. The Labute approximate surface area is 177 Å². The van der Waals surface area contributed by atoms with Gasteiger partial charge in [-0.1, -0.05) is 96.9 Å². The number of aldehydes is 1. The average Bonchev–Trinajstić information content (AvgIpc) is 2.62. The molecule has 0 fully saturated rings. The van der Waals surface area contributed by atoms with E-state index in [-0.39, 0.29) is 11.5 Å². The molecule has 0 aromatic heterocycles. The molecule has 0 aliphatic heterocycles. The number of carbonyl (C=O) groups is 1. The molecule has 29 heavy (non-hydrogen) atoms. The number of aliphatic hydroxyl groups excluding tert-OH is 1. The van der Waals surface area contributed by atoms with Crippen molar-refractivity contribution < 1.29 is 9.90 Å². The zero-order chi connectivity index (χ0) is 21.9. The first-order valence-electron chi connectivity index (χ1n) is 10.2. The molecule has 0 aromatic carbocycles. The zero-order valence-corrected chi connectivity index (χ0v) is 18.8. The monoisotopic (exact) mass is 392 g/mol. The summed E-state index contributed by atoms with van der Waals surface area (Å²) in [6.45, 7) is 12.6. The summed E-state index contributed by atoms with van der Waals surface area (Å²) in [7, 11) is 0. The lowest BCUT2D eigenvalue weighted by atomic mass is 9.71. The SMILES string of the molecule is CC(C=CC=O)=CC=CC=C(C)C=CC=C(C)C=CC1=C(C)CC(O)CC1(C)C. The van der Waals surface area contributed by atoms with E-state index in [1.165, 1.54) is 22.8 Å². The van der Waals surface area contributed by atoms with Crippen LogP contribution in [0.25, 0.3) is 0 Å². The van der Waals surface area contributed by atoms with Crippen LogP contribution in [0.2, 0.25) is 0 Å². The van der Waals surface area contributed by atoms with Gasteiger partial charge in [-0.25, -0.2) is 0 Å². The molecule has 0 heterocycles. The molecular formula is C27H36O2. The van der Waals surface area contributed by atoms with E-state index in [9.17, 15) is 9.90 Å². The lowest BCUT2D eigenvalue weighted by molar-refractivity contribution is -0.104. The molecule has 0 aromatic rings. The Balaban J connectivity index is 2.71. The van der Waals surface area contributed by atoms with Crippen molar-refractivity contribution in [2.45, 2.75) is 60.5 Å². The van der Waals surface area contributed by atoms with Crippen molar-refractivity contribution >= 4 is 6.29 Å². The summed E-state index contributed by atoms with van der Waals surface area (Å²) in [6, 6.07) is 0. The number of hydrogen-bond donors (Lipinski definition) is 1. The van der Waals surface area contributed by atoms with Crippen molar-refractivity contribution in [1.29, 1.82) is 0 Å². The smallest absolute Gasteiger partial charge is 0.142 e. The van der Waals surface area contributed by atoms with Gasteiger partial charge >= 0.3 is 0 Å². The Morgan fingerprint density at radius 2 is 1.41 bits per heavy atom. The van der Waals surface area contributed by atoms with E-state index in [2.05, 4.69) is 65.0 Å². The molecule has 1 rings (SSSR count). The molecule has 0 spiro atoms. The fraction of sp³-hybridized carbons (Fsp3) is 0.370. The summed E-state index contributed by atoms with van der Waals surface area (Å²) >= 11 is 0. The van der Waals surface area contributed by atoms with Crippen LogP contribution in [0, 0.1) is 5.41 Å². The first kappa shape index (κ1) is 24.6. The Morgan fingerprint density at radius 3 is 1.97 bits per heavy atom. The van der Waals surface area contributed by atoms with E-state index < -0.39 is 0 Å². The highest BCUT2D eigenvalue weighted by atomic mass is 16.3. The van der Waals surface area contributed by atoms with Gasteiger partial charge in [0.1, 0.15) is 6.29 Å². The fourth-order valence-electron chi connectivity index (χ4n) is 3.52. The molecule has 0 amide bonds. The van der Waals surface area contributed by atoms with E-state index in [1.807, 2.05) is 31.2 Å². The maximum Gasteiger partial charge on any atom is 0.142 e. The molecule has 2 nitrogen and oxygen atoms in total. The highest BCUT2D eigenvalue weighted by Crippen LogP contribution is 2.41. The van der Waals surface area contributed by atoms with Crippen LogP contribution in [0.15, 0.2) is 94.7 Å². The van der Waals surface area contributed by atoms with Gasteiger partial charge in [-0.3, -0.25) is 4.79 Å². The molecule has 156 valence electrons. The summed E-state index contributed by atoms with van der Waals surface area (Å²) < 4.78 is 0. The van der Waals surface area contributed by atoms with E-state index in [0.717, 1.165) is 30.3 Å². The third-order valence-corrected chi connectivity index (χ3v) is 4.97. The molecule has 1 unspecified atom stereocenters. The third-order valence-electron chi connectivity index (χ3n) is 4.97. The van der Waals surface area contributed by atoms with E-state index in [1.54, 1.807) is 6.08 Å². The van der Waals surface area contributed by atoms with Crippen LogP contribution >= 0.6 is 0 Å². The lowest BCUT2D eigenvalue weighted by Gasteiger charge is -2.35. The van der Waals surface area contributed by atoms with Crippen LogP contribution in [0.5, 0.6) is 0 Å². The van der Waals surface area contributed by atoms with Gasteiger partial charge in [-0.15, -0.1) is 0 Å². The Bertz CT molecular complexity index is 805. The van der Waals surface area contributed by atoms with Gasteiger partial charge in [0.15, 0.2) is 0 Å². The number of carbonyl (C=O) groups excluding carboxylic acids is 1. The largest absolute Gasteiger partial charge is 0.393 e. The first-order chi connectivity index (χ1) is 13.7. The first-order valence-corrected chi connectivity index (χ1v) is 10.2. The maximum atomic E-state index is 10.3. The van der Waals surface area contributed by atoms with Crippen molar-refractivity contribution in [2.24, 2.45) is 5.41 Å². The number of rotatable bonds is 8. The van der Waals surface area contributed by atoms with Gasteiger partial charge < -0.3 is 5.11 Å². The molecule has 2 heteroatoms. The quantitative estimate of drug-likeness (QED) is 0.282. The standard InChI is InChI=1S/C27H36O2/c1-21(11-7-8-12-22(2)15-10-18-28)13-9-14-23(3)16-17-26-24(4)19-25(29)20-27(26,5)6/h7-18,25,29H,19-20H2,1-6H3. The summed E-state index contributed by atoms with van der Waals surface area (Å²) in [5, 5.41) is 10.0. The minimum absolute atomic E-state index is 0.00978. The third kappa shape index (κ3) is 9.54. The van der Waals surface area contributed by atoms with Crippen LogP contribution in [0.3, 0.4) is 0 Å². The van der Waals surface area contributed by atoms with Gasteiger partial charge in [0.25, 0.3) is 0 Å². The topological polar surface area (TPSA) is 37.3 Å². The molecule has 1 N–H and O–H groups in total. The normalized spacial score (nSPS) is 22.0. The predicted octanol–water partition coefficient (Wildman–Crippen LogP) is 6.75.